The van der Waals surface area contributed by atoms with Crippen LogP contribution in [0.3, 0.4) is 0 Å². The Morgan fingerprint density at radius 3 is 3.06 bits per heavy atom. The van der Waals surface area contributed by atoms with Gasteiger partial charge in [0.25, 0.3) is 0 Å². The van der Waals surface area contributed by atoms with Crippen LogP contribution in [0.5, 0.6) is 0 Å². The highest BCUT2D eigenvalue weighted by Gasteiger charge is 2.23. The van der Waals surface area contributed by atoms with Crippen molar-refractivity contribution >= 4 is 0 Å². The van der Waals surface area contributed by atoms with Gasteiger partial charge in [-0.15, -0.1) is 0 Å². The molecule has 5 heteroatoms. The van der Waals surface area contributed by atoms with Crippen LogP contribution in [-0.2, 0) is 11.3 Å². The molecule has 2 rings (SSSR count). The van der Waals surface area contributed by atoms with Crippen LogP contribution in [0, 0.1) is 5.92 Å². The van der Waals surface area contributed by atoms with Crippen LogP contribution in [0.25, 0.3) is 0 Å². The Bertz CT molecular complexity index is 350. The maximum absolute atomic E-state index is 5.54. The van der Waals surface area contributed by atoms with Gasteiger partial charge in [-0.2, -0.15) is 5.10 Å². The fraction of sp³-hybridized carbons (Fsp3) is 0.833. The largest absolute Gasteiger partial charge is 0.378 e. The van der Waals surface area contributed by atoms with E-state index in [0.717, 1.165) is 31.9 Å². The van der Waals surface area contributed by atoms with Gasteiger partial charge in [-0.1, -0.05) is 0 Å². The maximum Gasteiger partial charge on any atom is 0.141 e. The summed E-state index contributed by atoms with van der Waals surface area (Å²) >= 11 is 0. The highest BCUT2D eigenvalue weighted by molar-refractivity contribution is 4.86. The molecule has 1 fully saturated rings. The number of hydrogen-bond acceptors (Lipinski definition) is 4. The van der Waals surface area contributed by atoms with E-state index < -0.39 is 0 Å². The van der Waals surface area contributed by atoms with Gasteiger partial charge in [-0.3, -0.25) is 0 Å². The van der Waals surface area contributed by atoms with Crippen LogP contribution in [0.1, 0.15) is 39.1 Å². The molecule has 5 nitrogen and oxygen atoms in total. The summed E-state index contributed by atoms with van der Waals surface area (Å²) in [7, 11) is 0. The van der Waals surface area contributed by atoms with E-state index in [1.54, 1.807) is 6.33 Å². The van der Waals surface area contributed by atoms with Gasteiger partial charge in [-0.05, 0) is 33.1 Å². The van der Waals surface area contributed by atoms with Crippen LogP contribution in [0.2, 0.25) is 0 Å². The van der Waals surface area contributed by atoms with Crippen LogP contribution >= 0.6 is 0 Å². The molecular weight excluding hydrogens is 216 g/mol. The number of ether oxygens (including phenoxy) is 1. The predicted octanol–water partition coefficient (Wildman–Crippen LogP) is 1.37. The summed E-state index contributed by atoms with van der Waals surface area (Å²) in [4.78, 5) is 4.28. The summed E-state index contributed by atoms with van der Waals surface area (Å²) in [6.45, 7) is 9.05. The van der Waals surface area contributed by atoms with Gasteiger partial charge in [0, 0.05) is 19.2 Å². The summed E-state index contributed by atoms with van der Waals surface area (Å²) in [6.07, 6.45) is 3.16. The molecule has 1 aliphatic rings. The zero-order chi connectivity index (χ0) is 12.3. The molecule has 0 radical (unpaired) electrons. The lowest BCUT2D eigenvalue weighted by atomic mass is 10.0. The van der Waals surface area contributed by atoms with Gasteiger partial charge < -0.3 is 10.1 Å². The van der Waals surface area contributed by atoms with Gasteiger partial charge in [0.15, 0.2) is 0 Å². The van der Waals surface area contributed by atoms with E-state index in [-0.39, 0.29) is 0 Å². The summed E-state index contributed by atoms with van der Waals surface area (Å²) in [5.41, 5.74) is 0. The van der Waals surface area contributed by atoms with E-state index in [4.69, 9.17) is 4.74 Å². The van der Waals surface area contributed by atoms with Crippen molar-refractivity contribution in [3.05, 3.63) is 12.2 Å². The second-order valence-corrected chi connectivity index (χ2v) is 4.97. The van der Waals surface area contributed by atoms with Gasteiger partial charge in [0.1, 0.15) is 12.2 Å². The summed E-state index contributed by atoms with van der Waals surface area (Å²) in [5.74, 6) is 1.64. The zero-order valence-corrected chi connectivity index (χ0v) is 10.9. The van der Waals surface area contributed by atoms with Crippen molar-refractivity contribution in [1.82, 2.24) is 20.1 Å². The van der Waals surface area contributed by atoms with Gasteiger partial charge in [0.2, 0.25) is 0 Å². The molecule has 2 heterocycles. The van der Waals surface area contributed by atoms with Gasteiger partial charge in [0.05, 0.1) is 12.6 Å². The lowest BCUT2D eigenvalue weighted by Crippen LogP contribution is -2.28. The zero-order valence-electron chi connectivity index (χ0n) is 10.9. The van der Waals surface area contributed by atoms with Crippen LogP contribution in [0.15, 0.2) is 6.33 Å². The summed E-state index contributed by atoms with van der Waals surface area (Å²) in [6, 6.07) is 0.364. The predicted molar refractivity (Wildman–Crippen MR) is 65.6 cm³/mol. The average molecular weight is 238 g/mol. The molecule has 0 spiro atoms. The first kappa shape index (κ1) is 12.5. The fourth-order valence-electron chi connectivity index (χ4n) is 2.25. The standard InChI is InChI=1S/C12H22N4O/c1-9(2)16-12(14-8-15-16)7-13-6-11-4-5-17-10(11)3/h8-11,13H,4-7H2,1-3H3. The second kappa shape index (κ2) is 5.60. The smallest absolute Gasteiger partial charge is 0.141 e. The van der Waals surface area contributed by atoms with E-state index in [1.807, 2.05) is 4.68 Å². The summed E-state index contributed by atoms with van der Waals surface area (Å²) < 4.78 is 7.50. The number of rotatable bonds is 5. The van der Waals surface area contributed by atoms with E-state index in [1.165, 1.54) is 0 Å². The number of aromatic nitrogens is 3. The van der Waals surface area contributed by atoms with Crippen molar-refractivity contribution < 1.29 is 4.74 Å². The van der Waals surface area contributed by atoms with Crippen molar-refractivity contribution in [3.63, 3.8) is 0 Å². The minimum atomic E-state index is 0.364. The third-order valence-electron chi connectivity index (χ3n) is 3.36. The normalized spacial score (nSPS) is 24.7. The second-order valence-electron chi connectivity index (χ2n) is 4.97. The van der Waals surface area contributed by atoms with Crippen molar-refractivity contribution in [2.45, 2.75) is 45.9 Å². The lowest BCUT2D eigenvalue weighted by Gasteiger charge is -2.15. The molecule has 0 bridgehead atoms. The molecule has 1 aromatic rings. The van der Waals surface area contributed by atoms with E-state index in [0.29, 0.717) is 18.1 Å². The third-order valence-corrected chi connectivity index (χ3v) is 3.36. The van der Waals surface area contributed by atoms with Crippen molar-refractivity contribution in [3.8, 4) is 0 Å². The van der Waals surface area contributed by atoms with Crippen LogP contribution < -0.4 is 5.32 Å². The third kappa shape index (κ3) is 3.04. The Labute approximate surface area is 103 Å². The Balaban J connectivity index is 1.79. The minimum Gasteiger partial charge on any atom is -0.378 e. The lowest BCUT2D eigenvalue weighted by molar-refractivity contribution is 0.105. The summed E-state index contributed by atoms with van der Waals surface area (Å²) in [5, 5.41) is 7.67. The van der Waals surface area contributed by atoms with Crippen LogP contribution in [-0.4, -0.2) is 34.0 Å². The first-order chi connectivity index (χ1) is 8.18. The first-order valence-electron chi connectivity index (χ1n) is 6.39. The monoisotopic (exact) mass is 238 g/mol. The molecule has 0 saturated carbocycles. The van der Waals surface area contributed by atoms with E-state index in [2.05, 4.69) is 36.2 Å². The molecular formula is C12H22N4O. The van der Waals surface area contributed by atoms with Crippen molar-refractivity contribution in [2.24, 2.45) is 5.92 Å². The molecule has 96 valence electrons. The molecule has 0 aliphatic carbocycles. The molecule has 2 atom stereocenters. The fourth-order valence-corrected chi connectivity index (χ4v) is 2.25. The SMILES string of the molecule is CC1OCCC1CNCc1ncnn1C(C)C. The Hall–Kier alpha value is -0.940. The van der Waals surface area contributed by atoms with Gasteiger partial charge >= 0.3 is 0 Å². The molecule has 17 heavy (non-hydrogen) atoms. The van der Waals surface area contributed by atoms with Crippen LogP contribution in [0.4, 0.5) is 0 Å². The first-order valence-corrected chi connectivity index (χ1v) is 6.39. The average Bonchev–Trinajstić information content (AvgIpc) is 2.88. The van der Waals surface area contributed by atoms with E-state index >= 15 is 0 Å². The molecule has 1 aromatic heterocycles. The Morgan fingerprint density at radius 2 is 2.41 bits per heavy atom. The van der Waals surface area contributed by atoms with Crippen molar-refractivity contribution in [2.75, 3.05) is 13.2 Å². The Kier molecular flexibility index (Phi) is 4.12. The molecule has 1 N–H and O–H groups in total. The molecule has 1 aliphatic heterocycles. The highest BCUT2D eigenvalue weighted by Crippen LogP contribution is 2.19. The molecule has 1 saturated heterocycles. The minimum absolute atomic E-state index is 0.364. The van der Waals surface area contributed by atoms with Crippen molar-refractivity contribution in [1.29, 1.82) is 0 Å². The number of nitrogens with one attached hydrogen (secondary N) is 1. The van der Waals surface area contributed by atoms with E-state index in [9.17, 15) is 0 Å². The van der Waals surface area contributed by atoms with Gasteiger partial charge in [-0.25, -0.2) is 9.67 Å². The molecule has 0 amide bonds. The molecule has 0 aromatic carbocycles. The number of nitrogens with zero attached hydrogens (tertiary/aromatic N) is 3. The quantitative estimate of drug-likeness (QED) is 0.842. The maximum atomic E-state index is 5.54. The Morgan fingerprint density at radius 1 is 1.59 bits per heavy atom. The topological polar surface area (TPSA) is 52.0 Å². The molecule has 2 unspecified atom stereocenters. The highest BCUT2D eigenvalue weighted by atomic mass is 16.5. The number of hydrogen-bond donors (Lipinski definition) is 1.